The molecule has 1 N–H and O–H groups in total. The Morgan fingerprint density at radius 3 is 2.70 bits per heavy atom. The molecule has 9 heteroatoms. The van der Waals surface area contributed by atoms with Gasteiger partial charge in [-0.2, -0.15) is 0 Å². The quantitative estimate of drug-likeness (QED) is 0.444. The minimum atomic E-state index is -0.438. The second-order valence-electron chi connectivity index (χ2n) is 6.85. The van der Waals surface area contributed by atoms with Gasteiger partial charge in [0.15, 0.2) is 5.13 Å². The van der Waals surface area contributed by atoms with E-state index in [1.807, 2.05) is 35.2 Å². The van der Waals surface area contributed by atoms with Crippen molar-refractivity contribution in [3.8, 4) is 5.75 Å². The zero-order chi connectivity index (χ0) is 20.9. The molecule has 1 aromatic heterocycles. The van der Waals surface area contributed by atoms with E-state index in [0.29, 0.717) is 16.5 Å². The number of nitrogens with zero attached hydrogens (tertiary/aromatic N) is 3. The summed E-state index contributed by atoms with van der Waals surface area (Å²) >= 11 is 1.28. The number of carbonyl (C=O) groups excluding carboxylic acids is 1. The summed E-state index contributed by atoms with van der Waals surface area (Å²) in [5.74, 6) is 0.303. The third kappa shape index (κ3) is 4.57. The number of rotatable bonds is 7. The molecular formula is C21H20N4O4S. The molecule has 0 radical (unpaired) electrons. The molecule has 0 atom stereocenters. The van der Waals surface area contributed by atoms with Crippen LogP contribution >= 0.6 is 11.3 Å². The van der Waals surface area contributed by atoms with Crippen molar-refractivity contribution >= 4 is 33.8 Å². The van der Waals surface area contributed by atoms with Crippen molar-refractivity contribution in [3.63, 3.8) is 0 Å². The SMILES string of the molecule is O=C(Nc1nc(COc2ccccc2)cs1)c1ccc(N2CCCC2)c([N+](=O)[O-])c1. The van der Waals surface area contributed by atoms with Crippen LogP contribution in [0.3, 0.4) is 0 Å². The maximum Gasteiger partial charge on any atom is 0.293 e. The average Bonchev–Trinajstić information content (AvgIpc) is 3.45. The predicted molar refractivity (Wildman–Crippen MR) is 115 cm³/mol. The zero-order valence-corrected chi connectivity index (χ0v) is 16.9. The van der Waals surface area contributed by atoms with Crippen molar-refractivity contribution in [2.24, 2.45) is 0 Å². The number of hydrogen-bond donors (Lipinski definition) is 1. The van der Waals surface area contributed by atoms with Gasteiger partial charge in [0.1, 0.15) is 18.0 Å². The molecule has 1 aliphatic heterocycles. The molecule has 1 fully saturated rings. The van der Waals surface area contributed by atoms with Crippen molar-refractivity contribution in [3.05, 3.63) is 75.3 Å². The molecule has 2 heterocycles. The Bertz CT molecular complexity index is 1050. The fourth-order valence-electron chi connectivity index (χ4n) is 3.31. The lowest BCUT2D eigenvalue weighted by molar-refractivity contribution is -0.384. The van der Waals surface area contributed by atoms with Gasteiger partial charge in [-0.1, -0.05) is 18.2 Å². The van der Waals surface area contributed by atoms with E-state index in [-0.39, 0.29) is 17.9 Å². The van der Waals surface area contributed by atoms with Crippen molar-refractivity contribution in [1.29, 1.82) is 0 Å². The summed E-state index contributed by atoms with van der Waals surface area (Å²) in [4.78, 5) is 30.0. The van der Waals surface area contributed by atoms with Crippen LogP contribution in [-0.2, 0) is 6.61 Å². The first-order valence-corrected chi connectivity index (χ1v) is 10.4. The minimum absolute atomic E-state index is 0.0550. The van der Waals surface area contributed by atoms with Crippen LogP contribution in [0.5, 0.6) is 5.75 Å². The Hall–Kier alpha value is -3.46. The van der Waals surface area contributed by atoms with Crippen LogP contribution in [0.1, 0.15) is 28.9 Å². The van der Waals surface area contributed by atoms with Gasteiger partial charge in [0.25, 0.3) is 11.6 Å². The van der Waals surface area contributed by atoms with Crippen LogP contribution in [0, 0.1) is 10.1 Å². The third-order valence-electron chi connectivity index (χ3n) is 4.78. The van der Waals surface area contributed by atoms with Gasteiger partial charge < -0.3 is 9.64 Å². The number of carbonyl (C=O) groups is 1. The van der Waals surface area contributed by atoms with Crippen LogP contribution in [0.4, 0.5) is 16.5 Å². The van der Waals surface area contributed by atoms with Crippen molar-refractivity contribution < 1.29 is 14.5 Å². The number of benzene rings is 2. The predicted octanol–water partition coefficient (Wildman–Crippen LogP) is 4.48. The Kier molecular flexibility index (Phi) is 5.89. The van der Waals surface area contributed by atoms with E-state index in [4.69, 9.17) is 4.74 Å². The number of ether oxygens (including phenoxy) is 1. The van der Waals surface area contributed by atoms with Crippen LogP contribution in [0.25, 0.3) is 0 Å². The number of anilines is 2. The summed E-state index contributed by atoms with van der Waals surface area (Å²) in [6, 6.07) is 14.0. The molecule has 30 heavy (non-hydrogen) atoms. The molecule has 1 saturated heterocycles. The number of para-hydroxylation sites is 1. The first kappa shape index (κ1) is 19.8. The summed E-state index contributed by atoms with van der Waals surface area (Å²) in [5, 5.41) is 16.5. The third-order valence-corrected chi connectivity index (χ3v) is 5.59. The number of nitro groups is 1. The Morgan fingerprint density at radius 2 is 1.97 bits per heavy atom. The molecule has 1 aliphatic rings. The van der Waals surface area contributed by atoms with Crippen LogP contribution in [0.15, 0.2) is 53.9 Å². The fourth-order valence-corrected chi connectivity index (χ4v) is 4.00. The Morgan fingerprint density at radius 1 is 1.20 bits per heavy atom. The summed E-state index contributed by atoms with van der Waals surface area (Å²) in [5.41, 5.74) is 1.42. The van der Waals surface area contributed by atoms with Crippen LogP contribution in [0.2, 0.25) is 0 Å². The topological polar surface area (TPSA) is 97.6 Å². The molecule has 0 bridgehead atoms. The van der Waals surface area contributed by atoms with E-state index in [9.17, 15) is 14.9 Å². The Balaban J connectivity index is 1.43. The molecule has 154 valence electrons. The number of thiazole rings is 1. The second kappa shape index (κ2) is 8.91. The van der Waals surface area contributed by atoms with E-state index < -0.39 is 10.8 Å². The molecule has 0 aliphatic carbocycles. The number of aromatic nitrogens is 1. The van der Waals surface area contributed by atoms with E-state index in [1.54, 1.807) is 17.5 Å². The van der Waals surface area contributed by atoms with Crippen molar-refractivity contribution in [1.82, 2.24) is 4.98 Å². The van der Waals surface area contributed by atoms with Gasteiger partial charge in [0.2, 0.25) is 0 Å². The van der Waals surface area contributed by atoms with E-state index in [0.717, 1.165) is 31.7 Å². The molecule has 0 unspecified atom stereocenters. The van der Waals surface area contributed by atoms with E-state index >= 15 is 0 Å². The lowest BCUT2D eigenvalue weighted by atomic mass is 10.1. The summed E-state index contributed by atoms with van der Waals surface area (Å²) in [6.45, 7) is 1.87. The molecule has 2 aromatic carbocycles. The second-order valence-corrected chi connectivity index (χ2v) is 7.71. The molecule has 0 spiro atoms. The fraction of sp³-hybridized carbons (Fsp3) is 0.238. The maximum atomic E-state index is 12.6. The molecule has 0 saturated carbocycles. The normalized spacial score (nSPS) is 13.3. The summed E-state index contributed by atoms with van der Waals surface area (Å²) < 4.78 is 5.65. The van der Waals surface area contributed by atoms with Gasteiger partial charge in [-0.15, -0.1) is 11.3 Å². The lowest BCUT2D eigenvalue weighted by Crippen LogP contribution is -2.19. The van der Waals surface area contributed by atoms with E-state index in [1.165, 1.54) is 17.4 Å². The van der Waals surface area contributed by atoms with Crippen molar-refractivity contribution in [2.45, 2.75) is 19.4 Å². The highest BCUT2D eigenvalue weighted by atomic mass is 32.1. The molecule has 4 rings (SSSR count). The number of hydrogen-bond acceptors (Lipinski definition) is 7. The van der Waals surface area contributed by atoms with Gasteiger partial charge in [0, 0.05) is 30.1 Å². The van der Waals surface area contributed by atoms with Crippen LogP contribution in [-0.4, -0.2) is 28.9 Å². The van der Waals surface area contributed by atoms with Crippen LogP contribution < -0.4 is 15.0 Å². The van der Waals surface area contributed by atoms with E-state index in [2.05, 4.69) is 10.3 Å². The minimum Gasteiger partial charge on any atom is -0.487 e. The number of amides is 1. The smallest absolute Gasteiger partial charge is 0.293 e. The highest BCUT2D eigenvalue weighted by Crippen LogP contribution is 2.32. The highest BCUT2D eigenvalue weighted by Gasteiger charge is 2.24. The van der Waals surface area contributed by atoms with Gasteiger partial charge >= 0.3 is 0 Å². The Labute approximate surface area is 177 Å². The maximum absolute atomic E-state index is 12.6. The van der Waals surface area contributed by atoms with Gasteiger partial charge in [0.05, 0.1) is 10.6 Å². The number of nitrogens with one attached hydrogen (secondary N) is 1. The zero-order valence-electron chi connectivity index (χ0n) is 16.1. The molecule has 3 aromatic rings. The first-order valence-electron chi connectivity index (χ1n) is 9.57. The summed E-state index contributed by atoms with van der Waals surface area (Å²) in [6.07, 6.45) is 2.03. The first-order chi connectivity index (χ1) is 14.6. The largest absolute Gasteiger partial charge is 0.487 e. The number of nitro benzene ring substituents is 1. The van der Waals surface area contributed by atoms with Gasteiger partial charge in [-0.3, -0.25) is 20.2 Å². The monoisotopic (exact) mass is 424 g/mol. The molecule has 1 amide bonds. The summed E-state index contributed by atoms with van der Waals surface area (Å²) in [7, 11) is 0. The van der Waals surface area contributed by atoms with Gasteiger partial charge in [-0.05, 0) is 37.1 Å². The molecule has 8 nitrogen and oxygen atoms in total. The standard InChI is InChI=1S/C21H20N4O4S/c26-20(15-8-9-18(19(12-15)25(27)28)24-10-4-5-11-24)23-21-22-16(14-30-21)13-29-17-6-2-1-3-7-17/h1-3,6-9,12,14H,4-5,10-11,13H2,(H,22,23,26). The molecular weight excluding hydrogens is 404 g/mol. The highest BCUT2D eigenvalue weighted by molar-refractivity contribution is 7.13. The average molecular weight is 424 g/mol. The van der Waals surface area contributed by atoms with Crippen molar-refractivity contribution in [2.75, 3.05) is 23.3 Å². The lowest BCUT2D eigenvalue weighted by Gasteiger charge is -2.17. The van der Waals surface area contributed by atoms with Gasteiger partial charge in [-0.25, -0.2) is 4.98 Å².